The first-order chi connectivity index (χ1) is 10.5. The van der Waals surface area contributed by atoms with Gasteiger partial charge < -0.3 is 24.8 Å². The first-order valence-electron chi connectivity index (χ1n) is 6.57. The molecule has 114 valence electrons. The second-order valence-corrected chi connectivity index (χ2v) is 4.96. The molecule has 0 amide bonds. The number of aliphatic hydroxyl groups is 2. The number of phenols is 1. The molecule has 6 nitrogen and oxygen atoms in total. The summed E-state index contributed by atoms with van der Waals surface area (Å²) in [5, 5.41) is 30.5. The summed E-state index contributed by atoms with van der Waals surface area (Å²) >= 11 is 0. The fraction of sp³-hybridized carbons (Fsp3) is 0.188. The minimum Gasteiger partial charge on any atom is -0.508 e. The van der Waals surface area contributed by atoms with Gasteiger partial charge in [0.15, 0.2) is 6.10 Å². The normalized spacial score (nSPS) is 21.1. The molecule has 0 spiro atoms. The number of hydrogen-bond acceptors (Lipinski definition) is 6. The van der Waals surface area contributed by atoms with Crippen LogP contribution in [0.5, 0.6) is 17.2 Å². The molecule has 2 atom stereocenters. The molecule has 22 heavy (non-hydrogen) atoms. The number of carbonyl (C=O) groups is 1. The Morgan fingerprint density at radius 1 is 1.23 bits per heavy atom. The molecular weight excluding hydrogens is 288 g/mol. The standard InChI is InChI=1S/C16H14O6/c1-21-11-7-10(17)8-12-13(11)15(19)16(20,22-12)14(18)9-5-3-2-4-6-9/h2-8,14,17-18,20H,1H3. The van der Waals surface area contributed by atoms with Crippen LogP contribution in [0.4, 0.5) is 0 Å². The third-order valence-corrected chi connectivity index (χ3v) is 3.57. The summed E-state index contributed by atoms with van der Waals surface area (Å²) in [6.07, 6.45) is -1.58. The zero-order valence-corrected chi connectivity index (χ0v) is 11.7. The highest BCUT2D eigenvalue weighted by Crippen LogP contribution is 2.46. The molecule has 1 heterocycles. The molecule has 0 radical (unpaired) electrons. The molecule has 2 aromatic rings. The second-order valence-electron chi connectivity index (χ2n) is 4.96. The first kappa shape index (κ1) is 14.4. The van der Waals surface area contributed by atoms with E-state index in [0.717, 1.165) is 0 Å². The number of phenolic OH excluding ortho intramolecular Hbond substituents is 1. The third-order valence-electron chi connectivity index (χ3n) is 3.57. The van der Waals surface area contributed by atoms with Gasteiger partial charge in [-0.2, -0.15) is 0 Å². The third kappa shape index (κ3) is 2.01. The lowest BCUT2D eigenvalue weighted by Gasteiger charge is -2.26. The fourth-order valence-electron chi connectivity index (χ4n) is 2.48. The predicted octanol–water partition coefficient (Wildman–Crippen LogP) is 1.40. The number of hydrogen-bond donors (Lipinski definition) is 3. The Hall–Kier alpha value is -2.57. The highest BCUT2D eigenvalue weighted by molar-refractivity contribution is 6.09. The molecule has 0 saturated heterocycles. The van der Waals surface area contributed by atoms with Crippen molar-refractivity contribution in [2.45, 2.75) is 11.9 Å². The second kappa shape index (κ2) is 5.01. The number of rotatable bonds is 3. The van der Waals surface area contributed by atoms with Gasteiger partial charge in [-0.3, -0.25) is 4.79 Å². The number of methoxy groups -OCH3 is 1. The zero-order valence-electron chi connectivity index (χ0n) is 11.7. The molecule has 2 unspecified atom stereocenters. The van der Waals surface area contributed by atoms with Crippen LogP contribution in [-0.4, -0.2) is 34.0 Å². The van der Waals surface area contributed by atoms with Gasteiger partial charge in [0.05, 0.1) is 7.11 Å². The van der Waals surface area contributed by atoms with Gasteiger partial charge in [0.25, 0.3) is 0 Å². The van der Waals surface area contributed by atoms with Crippen LogP contribution in [0.3, 0.4) is 0 Å². The van der Waals surface area contributed by atoms with Gasteiger partial charge >= 0.3 is 5.79 Å². The van der Waals surface area contributed by atoms with Crippen molar-refractivity contribution < 1.29 is 29.6 Å². The Balaban J connectivity index is 2.06. The van der Waals surface area contributed by atoms with Gasteiger partial charge in [-0.05, 0) is 5.56 Å². The van der Waals surface area contributed by atoms with Crippen molar-refractivity contribution in [3.8, 4) is 17.2 Å². The minimum absolute atomic E-state index is 0.0159. The van der Waals surface area contributed by atoms with Crippen molar-refractivity contribution in [2.24, 2.45) is 0 Å². The van der Waals surface area contributed by atoms with Gasteiger partial charge in [0, 0.05) is 12.1 Å². The van der Waals surface area contributed by atoms with Crippen molar-refractivity contribution in [1.29, 1.82) is 0 Å². The number of fused-ring (bicyclic) bond motifs is 1. The highest BCUT2D eigenvalue weighted by atomic mass is 16.6. The van der Waals surface area contributed by atoms with Crippen LogP contribution < -0.4 is 9.47 Å². The van der Waals surface area contributed by atoms with Gasteiger partial charge in [-0.25, -0.2) is 0 Å². The highest BCUT2D eigenvalue weighted by Gasteiger charge is 2.54. The topological polar surface area (TPSA) is 96.2 Å². The summed E-state index contributed by atoms with van der Waals surface area (Å²) in [4.78, 5) is 12.5. The van der Waals surface area contributed by atoms with Gasteiger partial charge in [-0.1, -0.05) is 30.3 Å². The smallest absolute Gasteiger partial charge is 0.303 e. The lowest BCUT2D eigenvalue weighted by molar-refractivity contribution is -0.163. The van der Waals surface area contributed by atoms with E-state index in [1.807, 2.05) is 0 Å². The molecule has 1 aliphatic rings. The van der Waals surface area contributed by atoms with E-state index in [-0.39, 0.29) is 22.8 Å². The van der Waals surface area contributed by atoms with Gasteiger partial charge in [0.1, 0.15) is 22.8 Å². The van der Waals surface area contributed by atoms with E-state index in [2.05, 4.69) is 0 Å². The van der Waals surface area contributed by atoms with Crippen LogP contribution in [0, 0.1) is 0 Å². The maximum Gasteiger partial charge on any atom is 0.303 e. The van der Waals surface area contributed by atoms with Crippen LogP contribution >= 0.6 is 0 Å². The van der Waals surface area contributed by atoms with Crippen LogP contribution in [0.15, 0.2) is 42.5 Å². The molecule has 0 bridgehead atoms. The number of ether oxygens (including phenoxy) is 2. The molecule has 0 saturated carbocycles. The summed E-state index contributed by atoms with van der Waals surface area (Å²) in [5.74, 6) is -3.45. The van der Waals surface area contributed by atoms with Crippen LogP contribution in [0.1, 0.15) is 22.0 Å². The van der Waals surface area contributed by atoms with E-state index in [4.69, 9.17) is 9.47 Å². The largest absolute Gasteiger partial charge is 0.508 e. The first-order valence-corrected chi connectivity index (χ1v) is 6.57. The van der Waals surface area contributed by atoms with Gasteiger partial charge in [0.2, 0.25) is 5.78 Å². The van der Waals surface area contributed by atoms with Crippen LogP contribution in [0.2, 0.25) is 0 Å². The summed E-state index contributed by atoms with van der Waals surface area (Å²) in [6, 6.07) is 10.6. The summed E-state index contributed by atoms with van der Waals surface area (Å²) in [7, 11) is 1.33. The molecule has 0 fully saturated rings. The number of aliphatic hydroxyl groups excluding tert-OH is 1. The number of ketones is 1. The fourth-order valence-corrected chi connectivity index (χ4v) is 2.48. The maximum absolute atomic E-state index is 12.5. The molecule has 1 aliphatic heterocycles. The number of Topliss-reactive ketones (excluding diaryl/α,β-unsaturated/α-hetero) is 1. The summed E-state index contributed by atoms with van der Waals surface area (Å²) in [5.41, 5.74) is 0.312. The van der Waals surface area contributed by atoms with Crippen molar-refractivity contribution in [3.63, 3.8) is 0 Å². The Morgan fingerprint density at radius 3 is 2.55 bits per heavy atom. The number of carbonyl (C=O) groups excluding carboxylic acids is 1. The molecule has 6 heteroatoms. The molecular formula is C16H14O6. The SMILES string of the molecule is COc1cc(O)cc2c1C(=O)C(O)(C(O)c1ccccc1)O2. The van der Waals surface area contributed by atoms with Crippen molar-refractivity contribution in [1.82, 2.24) is 0 Å². The molecule has 3 rings (SSSR count). The van der Waals surface area contributed by atoms with Gasteiger partial charge in [-0.15, -0.1) is 0 Å². The predicted molar refractivity (Wildman–Crippen MR) is 76.0 cm³/mol. The quantitative estimate of drug-likeness (QED) is 0.793. The Kier molecular flexibility index (Phi) is 3.27. The molecule has 2 aromatic carbocycles. The van der Waals surface area contributed by atoms with E-state index >= 15 is 0 Å². The van der Waals surface area contributed by atoms with E-state index < -0.39 is 17.7 Å². The number of aromatic hydroxyl groups is 1. The van der Waals surface area contributed by atoms with Crippen molar-refractivity contribution in [2.75, 3.05) is 7.11 Å². The van der Waals surface area contributed by atoms with Crippen LogP contribution in [-0.2, 0) is 0 Å². The maximum atomic E-state index is 12.5. The summed E-state index contributed by atoms with van der Waals surface area (Å²) < 4.78 is 10.3. The molecule has 0 aliphatic carbocycles. The molecule has 3 N–H and O–H groups in total. The average molecular weight is 302 g/mol. The minimum atomic E-state index is -2.47. The van der Waals surface area contributed by atoms with Crippen molar-refractivity contribution in [3.05, 3.63) is 53.6 Å². The number of benzene rings is 2. The lowest BCUT2D eigenvalue weighted by Crippen LogP contribution is -2.46. The lowest BCUT2D eigenvalue weighted by atomic mass is 9.95. The Bertz CT molecular complexity index is 727. The van der Waals surface area contributed by atoms with E-state index in [1.165, 1.54) is 19.2 Å². The summed E-state index contributed by atoms with van der Waals surface area (Å²) in [6.45, 7) is 0. The Morgan fingerprint density at radius 2 is 1.91 bits per heavy atom. The van der Waals surface area contributed by atoms with Crippen molar-refractivity contribution >= 4 is 5.78 Å². The van der Waals surface area contributed by atoms with Crippen LogP contribution in [0.25, 0.3) is 0 Å². The molecule has 0 aromatic heterocycles. The zero-order chi connectivity index (χ0) is 15.9. The van der Waals surface area contributed by atoms with E-state index in [0.29, 0.717) is 5.56 Å². The Labute approximate surface area is 126 Å². The van der Waals surface area contributed by atoms with E-state index in [9.17, 15) is 20.1 Å². The average Bonchev–Trinajstić information content (AvgIpc) is 2.78. The van der Waals surface area contributed by atoms with E-state index in [1.54, 1.807) is 30.3 Å². The monoisotopic (exact) mass is 302 g/mol.